The van der Waals surface area contributed by atoms with Crippen LogP contribution in [0.1, 0.15) is 27.2 Å². The van der Waals surface area contributed by atoms with E-state index >= 15 is 0 Å². The van der Waals surface area contributed by atoms with Gasteiger partial charge in [0.25, 0.3) is 5.91 Å². The highest BCUT2D eigenvalue weighted by Crippen LogP contribution is 2.14. The van der Waals surface area contributed by atoms with Crippen molar-refractivity contribution in [2.24, 2.45) is 0 Å². The molecule has 3 rings (SSSR count). The van der Waals surface area contributed by atoms with Gasteiger partial charge in [0, 0.05) is 17.9 Å². The summed E-state index contributed by atoms with van der Waals surface area (Å²) < 4.78 is 5.30. The first-order valence-electron chi connectivity index (χ1n) is 8.83. The van der Waals surface area contributed by atoms with Gasteiger partial charge in [-0.3, -0.25) is 4.79 Å². The van der Waals surface area contributed by atoms with Gasteiger partial charge in [-0.1, -0.05) is 48.5 Å². The number of nitrogens with one attached hydrogen (secondary N) is 1. The molecule has 4 heteroatoms. The highest BCUT2D eigenvalue weighted by atomic mass is 32.2. The Labute approximate surface area is 158 Å². The van der Waals surface area contributed by atoms with Crippen molar-refractivity contribution in [3.63, 3.8) is 0 Å². The predicted octanol–water partition coefficient (Wildman–Crippen LogP) is 4.73. The van der Waals surface area contributed by atoms with E-state index in [1.54, 1.807) is 18.0 Å². The van der Waals surface area contributed by atoms with Crippen LogP contribution in [0, 0.1) is 0 Å². The van der Waals surface area contributed by atoms with Crippen molar-refractivity contribution in [3.8, 4) is 0 Å². The zero-order chi connectivity index (χ0) is 18.0. The lowest BCUT2D eigenvalue weighted by molar-refractivity contribution is 0.0955. The van der Waals surface area contributed by atoms with Crippen LogP contribution < -0.4 is 5.32 Å². The topological polar surface area (TPSA) is 42.2 Å². The van der Waals surface area contributed by atoms with Crippen LogP contribution in [-0.2, 0) is 18.6 Å². The van der Waals surface area contributed by atoms with Gasteiger partial charge in [0.2, 0.25) is 0 Å². The molecule has 2 aromatic carbocycles. The summed E-state index contributed by atoms with van der Waals surface area (Å²) in [5.74, 6) is 2.66. The molecule has 0 aliphatic heterocycles. The van der Waals surface area contributed by atoms with Crippen molar-refractivity contribution in [1.29, 1.82) is 0 Å². The number of rotatable bonds is 9. The average Bonchev–Trinajstić information content (AvgIpc) is 3.20. The lowest BCUT2D eigenvalue weighted by Crippen LogP contribution is -2.26. The maximum atomic E-state index is 12.5. The van der Waals surface area contributed by atoms with Crippen molar-refractivity contribution in [3.05, 3.63) is 95.4 Å². The van der Waals surface area contributed by atoms with Crippen molar-refractivity contribution in [2.75, 3.05) is 12.3 Å². The van der Waals surface area contributed by atoms with E-state index < -0.39 is 0 Å². The molecule has 134 valence electrons. The van der Waals surface area contributed by atoms with E-state index in [4.69, 9.17) is 4.42 Å². The Morgan fingerprint density at radius 3 is 2.54 bits per heavy atom. The second-order valence-electron chi connectivity index (χ2n) is 6.03. The molecule has 0 aliphatic rings. The normalized spacial score (nSPS) is 10.6. The van der Waals surface area contributed by atoms with Gasteiger partial charge in [-0.15, -0.1) is 0 Å². The molecule has 0 radical (unpaired) electrons. The molecule has 1 heterocycles. The molecule has 3 nitrogen and oxygen atoms in total. The lowest BCUT2D eigenvalue weighted by atomic mass is 9.99. The molecule has 1 amide bonds. The molecule has 0 unspecified atom stereocenters. The summed E-state index contributed by atoms with van der Waals surface area (Å²) in [6.07, 6.45) is 3.48. The summed E-state index contributed by atoms with van der Waals surface area (Å²) in [6, 6.07) is 22.1. The van der Waals surface area contributed by atoms with E-state index in [0.717, 1.165) is 41.2 Å². The van der Waals surface area contributed by atoms with Gasteiger partial charge in [0.05, 0.1) is 12.0 Å². The predicted molar refractivity (Wildman–Crippen MR) is 107 cm³/mol. The van der Waals surface area contributed by atoms with E-state index in [-0.39, 0.29) is 5.91 Å². The molecule has 0 saturated heterocycles. The third-order valence-electron chi connectivity index (χ3n) is 4.14. The van der Waals surface area contributed by atoms with Crippen LogP contribution in [0.2, 0.25) is 0 Å². The third-order valence-corrected chi connectivity index (χ3v) is 5.13. The van der Waals surface area contributed by atoms with Gasteiger partial charge in [-0.2, -0.15) is 11.8 Å². The number of furan rings is 1. The van der Waals surface area contributed by atoms with Gasteiger partial charge < -0.3 is 9.73 Å². The van der Waals surface area contributed by atoms with Gasteiger partial charge in [-0.05, 0) is 42.2 Å². The van der Waals surface area contributed by atoms with E-state index in [1.807, 2.05) is 54.6 Å². The van der Waals surface area contributed by atoms with Crippen molar-refractivity contribution >= 4 is 17.7 Å². The number of carbonyl (C=O) groups is 1. The smallest absolute Gasteiger partial charge is 0.251 e. The van der Waals surface area contributed by atoms with Crippen LogP contribution in [0.3, 0.4) is 0 Å². The summed E-state index contributed by atoms with van der Waals surface area (Å²) >= 11 is 1.75. The molecule has 1 N–H and O–H groups in total. The van der Waals surface area contributed by atoms with Crippen LogP contribution >= 0.6 is 11.8 Å². The zero-order valence-electron chi connectivity index (χ0n) is 14.7. The van der Waals surface area contributed by atoms with Gasteiger partial charge in [0.1, 0.15) is 5.76 Å². The Kier molecular flexibility index (Phi) is 6.96. The minimum atomic E-state index is 0.00672. The van der Waals surface area contributed by atoms with E-state index in [9.17, 15) is 4.79 Å². The van der Waals surface area contributed by atoms with E-state index in [0.29, 0.717) is 6.54 Å². The summed E-state index contributed by atoms with van der Waals surface area (Å²) in [5.41, 5.74) is 3.16. The first-order chi connectivity index (χ1) is 12.8. The van der Waals surface area contributed by atoms with Crippen LogP contribution in [0.4, 0.5) is 0 Å². The quantitative estimate of drug-likeness (QED) is 0.558. The van der Waals surface area contributed by atoms with E-state index in [1.165, 1.54) is 5.56 Å². The Hall–Kier alpha value is -2.46. The van der Waals surface area contributed by atoms with Gasteiger partial charge >= 0.3 is 0 Å². The highest BCUT2D eigenvalue weighted by Gasteiger charge is 2.10. The molecule has 1 aromatic heterocycles. The zero-order valence-corrected chi connectivity index (χ0v) is 15.5. The number of aryl methyl sites for hydroxylation is 2. The first-order valence-corrected chi connectivity index (χ1v) is 9.98. The molecular formula is C22H23NO2S. The van der Waals surface area contributed by atoms with Crippen LogP contribution in [0.15, 0.2) is 77.4 Å². The Balaban J connectivity index is 1.47. The van der Waals surface area contributed by atoms with E-state index in [2.05, 4.69) is 17.4 Å². The second-order valence-corrected chi connectivity index (χ2v) is 7.14. The average molecular weight is 365 g/mol. The number of carbonyl (C=O) groups excluding carboxylic acids is 1. The standard InChI is InChI=1S/C22H23NO2S/c24-22(23-14-16-26-17-20-10-6-15-25-20)21-11-5-4-9-19(21)13-12-18-7-2-1-3-8-18/h1-11,15H,12-14,16-17H2,(H,23,24). The lowest BCUT2D eigenvalue weighted by Gasteiger charge is -2.10. The Morgan fingerprint density at radius 1 is 0.923 bits per heavy atom. The SMILES string of the molecule is O=C(NCCSCc1ccco1)c1ccccc1CCc1ccccc1. The molecule has 0 saturated carbocycles. The van der Waals surface area contributed by atoms with Gasteiger partial charge in [0.15, 0.2) is 0 Å². The third kappa shape index (κ3) is 5.53. The van der Waals surface area contributed by atoms with Gasteiger partial charge in [-0.25, -0.2) is 0 Å². The Morgan fingerprint density at radius 2 is 1.73 bits per heavy atom. The monoisotopic (exact) mass is 365 g/mol. The number of hydrogen-bond donors (Lipinski definition) is 1. The molecule has 0 atom stereocenters. The Bertz CT molecular complexity index is 800. The molecule has 3 aromatic rings. The molecular weight excluding hydrogens is 342 g/mol. The number of hydrogen-bond acceptors (Lipinski definition) is 3. The first kappa shape index (κ1) is 18.3. The van der Waals surface area contributed by atoms with Crippen molar-refractivity contribution < 1.29 is 9.21 Å². The fourth-order valence-electron chi connectivity index (χ4n) is 2.78. The fourth-order valence-corrected chi connectivity index (χ4v) is 3.54. The van der Waals surface area contributed by atoms with Crippen molar-refractivity contribution in [1.82, 2.24) is 5.32 Å². The number of amides is 1. The molecule has 26 heavy (non-hydrogen) atoms. The second kappa shape index (κ2) is 9.88. The summed E-state index contributed by atoms with van der Waals surface area (Å²) in [6.45, 7) is 0.650. The summed E-state index contributed by atoms with van der Waals surface area (Å²) in [4.78, 5) is 12.5. The van der Waals surface area contributed by atoms with Crippen LogP contribution in [-0.4, -0.2) is 18.2 Å². The number of benzene rings is 2. The fraction of sp³-hybridized carbons (Fsp3) is 0.227. The summed E-state index contributed by atoms with van der Waals surface area (Å²) in [5, 5.41) is 3.03. The minimum Gasteiger partial charge on any atom is -0.468 e. The van der Waals surface area contributed by atoms with Crippen LogP contribution in [0.5, 0.6) is 0 Å². The van der Waals surface area contributed by atoms with Crippen LogP contribution in [0.25, 0.3) is 0 Å². The molecule has 0 spiro atoms. The molecule has 0 aliphatic carbocycles. The molecule has 0 bridgehead atoms. The maximum Gasteiger partial charge on any atom is 0.251 e. The largest absolute Gasteiger partial charge is 0.468 e. The maximum absolute atomic E-state index is 12.5. The highest BCUT2D eigenvalue weighted by molar-refractivity contribution is 7.98. The molecule has 0 fully saturated rings. The van der Waals surface area contributed by atoms with Crippen molar-refractivity contribution in [2.45, 2.75) is 18.6 Å². The summed E-state index contributed by atoms with van der Waals surface area (Å²) in [7, 11) is 0. The number of thioether (sulfide) groups is 1. The minimum absolute atomic E-state index is 0.00672.